The van der Waals surface area contributed by atoms with Crippen molar-refractivity contribution in [1.82, 2.24) is 0 Å². The number of carbonyl (C=O) groups excluding carboxylic acids is 2. The largest absolute Gasteiger partial charge is 0.495 e. The van der Waals surface area contributed by atoms with Crippen molar-refractivity contribution >= 4 is 74.9 Å². The van der Waals surface area contributed by atoms with Gasteiger partial charge in [0, 0.05) is 15.5 Å². The molecule has 0 radical (unpaired) electrons. The summed E-state index contributed by atoms with van der Waals surface area (Å²) in [6.07, 6.45) is 1.74. The fourth-order valence-electron chi connectivity index (χ4n) is 2.97. The molecule has 162 valence electrons. The number of aliphatic imine (C=N–C) groups is 1. The van der Waals surface area contributed by atoms with Crippen molar-refractivity contribution in [3.63, 3.8) is 0 Å². The van der Waals surface area contributed by atoms with Gasteiger partial charge < -0.3 is 4.74 Å². The van der Waals surface area contributed by atoms with Crippen LogP contribution in [0, 0.1) is 0 Å². The number of halogens is 2. The number of benzene rings is 2. The van der Waals surface area contributed by atoms with Crippen molar-refractivity contribution in [2.45, 2.75) is 0 Å². The minimum absolute atomic E-state index is 0.0924. The van der Waals surface area contributed by atoms with E-state index in [4.69, 9.17) is 27.9 Å². The number of hydrogen-bond donors (Lipinski definition) is 0. The maximum Gasteiger partial charge on any atom is 0.283 e. The third-order valence-corrected chi connectivity index (χ3v) is 6.85. The van der Waals surface area contributed by atoms with Crippen LogP contribution in [0.15, 0.2) is 70.7 Å². The van der Waals surface area contributed by atoms with Gasteiger partial charge in [0.05, 0.1) is 23.6 Å². The van der Waals surface area contributed by atoms with Crippen LogP contribution in [-0.2, 0) is 4.79 Å². The maximum absolute atomic E-state index is 13.2. The summed E-state index contributed by atoms with van der Waals surface area (Å²) in [6.45, 7) is 0. The first-order valence-electron chi connectivity index (χ1n) is 9.39. The lowest BCUT2D eigenvalue weighted by atomic mass is 10.1. The molecule has 0 spiro atoms. The Morgan fingerprint density at radius 2 is 1.97 bits per heavy atom. The fraction of sp³-hybridized carbons (Fsp3) is 0.0870. The van der Waals surface area contributed by atoms with Crippen LogP contribution in [0.4, 0.5) is 5.69 Å². The number of hydrogen-bond acceptors (Lipinski definition) is 6. The smallest absolute Gasteiger partial charge is 0.283 e. The minimum Gasteiger partial charge on any atom is -0.495 e. The Bertz CT molecular complexity index is 1220. The zero-order valence-corrected chi connectivity index (χ0v) is 19.9. The summed E-state index contributed by atoms with van der Waals surface area (Å²) in [4.78, 5) is 32.8. The number of amidine groups is 1. The predicted octanol–water partition coefficient (Wildman–Crippen LogP) is 6.42. The zero-order chi connectivity index (χ0) is 22.7. The summed E-state index contributed by atoms with van der Waals surface area (Å²) < 4.78 is 5.21. The predicted molar refractivity (Wildman–Crippen MR) is 133 cm³/mol. The van der Waals surface area contributed by atoms with Crippen LogP contribution in [0.5, 0.6) is 5.75 Å². The Morgan fingerprint density at radius 1 is 1.19 bits per heavy atom. The molecule has 1 amide bonds. The van der Waals surface area contributed by atoms with Crippen molar-refractivity contribution in [3.8, 4) is 5.75 Å². The van der Waals surface area contributed by atoms with E-state index in [-0.39, 0.29) is 17.4 Å². The van der Waals surface area contributed by atoms with Gasteiger partial charge in [0.2, 0.25) is 0 Å². The molecule has 4 rings (SSSR count). The van der Waals surface area contributed by atoms with Crippen LogP contribution in [0.3, 0.4) is 0 Å². The maximum atomic E-state index is 13.2. The van der Waals surface area contributed by atoms with Crippen molar-refractivity contribution < 1.29 is 14.3 Å². The second-order valence-electron chi connectivity index (χ2n) is 6.62. The normalized spacial score (nSPS) is 14.7. The molecule has 1 aliphatic heterocycles. The Morgan fingerprint density at radius 3 is 2.62 bits per heavy atom. The number of anilines is 1. The van der Waals surface area contributed by atoms with Crippen LogP contribution in [0.1, 0.15) is 15.2 Å². The Labute approximate surface area is 203 Å². The minimum atomic E-state index is -0.291. The number of methoxy groups -OCH3 is 1. The highest BCUT2D eigenvalue weighted by atomic mass is 35.5. The van der Waals surface area contributed by atoms with Crippen molar-refractivity contribution in [3.05, 3.63) is 86.2 Å². The van der Waals surface area contributed by atoms with E-state index >= 15 is 0 Å². The van der Waals surface area contributed by atoms with E-state index in [2.05, 4.69) is 4.99 Å². The summed E-state index contributed by atoms with van der Waals surface area (Å²) in [7, 11) is 1.52. The average molecular weight is 503 g/mol. The first kappa shape index (κ1) is 22.6. The first-order chi connectivity index (χ1) is 15.5. The van der Waals surface area contributed by atoms with E-state index < -0.39 is 0 Å². The first-order valence-corrected chi connectivity index (χ1v) is 12.0. The highest BCUT2D eigenvalue weighted by Crippen LogP contribution is 2.34. The average Bonchev–Trinajstić information content (AvgIpc) is 3.41. The summed E-state index contributed by atoms with van der Waals surface area (Å²) in [5.74, 6) is 0.229. The number of thioether (sulfide) groups is 1. The second kappa shape index (κ2) is 9.92. The number of amides is 1. The lowest BCUT2D eigenvalue weighted by molar-refractivity contribution is -0.113. The highest BCUT2D eigenvalue weighted by molar-refractivity contribution is 8.14. The highest BCUT2D eigenvalue weighted by Gasteiger charge is 2.33. The molecule has 2 aromatic carbocycles. The Balaban J connectivity index is 1.63. The monoisotopic (exact) mass is 502 g/mol. The number of Topliss-reactive ketones (excluding diaryl/α,β-unsaturated/α-hetero) is 1. The van der Waals surface area contributed by atoms with Gasteiger partial charge >= 0.3 is 0 Å². The van der Waals surface area contributed by atoms with Gasteiger partial charge in [-0.2, -0.15) is 0 Å². The van der Waals surface area contributed by atoms with Crippen LogP contribution >= 0.6 is 46.3 Å². The van der Waals surface area contributed by atoms with Gasteiger partial charge in [0.1, 0.15) is 11.4 Å². The lowest BCUT2D eigenvalue weighted by Gasteiger charge is -2.18. The van der Waals surface area contributed by atoms with Crippen LogP contribution in [0.25, 0.3) is 6.08 Å². The van der Waals surface area contributed by atoms with Gasteiger partial charge in [0.15, 0.2) is 11.0 Å². The fourth-order valence-corrected chi connectivity index (χ4v) is 4.91. The molecule has 0 saturated carbocycles. The molecule has 1 aliphatic rings. The molecule has 0 unspecified atom stereocenters. The van der Waals surface area contributed by atoms with E-state index in [0.29, 0.717) is 37.9 Å². The molecular formula is C23H16Cl2N2O3S2. The van der Waals surface area contributed by atoms with Crippen molar-refractivity contribution in [2.75, 3.05) is 17.8 Å². The molecule has 5 nitrogen and oxygen atoms in total. The Hall–Kier alpha value is -2.58. The topological polar surface area (TPSA) is 59.0 Å². The molecule has 0 bridgehead atoms. The molecule has 1 aromatic heterocycles. The van der Waals surface area contributed by atoms with E-state index in [0.717, 1.165) is 4.88 Å². The molecule has 32 heavy (non-hydrogen) atoms. The number of nitrogens with zero attached hydrogens (tertiary/aromatic N) is 2. The van der Waals surface area contributed by atoms with Gasteiger partial charge in [-0.05, 0) is 60.0 Å². The summed E-state index contributed by atoms with van der Waals surface area (Å²) in [6, 6.07) is 15.6. The number of rotatable bonds is 6. The molecule has 2 heterocycles. The molecular weight excluding hydrogens is 487 g/mol. The molecule has 3 aromatic rings. The number of ether oxygens (including phenoxy) is 1. The number of carbonyl (C=O) groups is 2. The van der Waals surface area contributed by atoms with E-state index in [1.165, 1.54) is 35.1 Å². The van der Waals surface area contributed by atoms with Gasteiger partial charge in [-0.3, -0.25) is 14.5 Å². The molecule has 0 atom stereocenters. The van der Waals surface area contributed by atoms with Gasteiger partial charge in [-0.1, -0.05) is 41.0 Å². The van der Waals surface area contributed by atoms with Crippen LogP contribution in [0.2, 0.25) is 10.0 Å². The third-order valence-electron chi connectivity index (χ3n) is 4.54. The molecule has 0 fully saturated rings. The second-order valence-corrected chi connectivity index (χ2v) is 9.38. The standard InChI is InChI=1S/C23H16Cl2N2O3S2/c1-30-21-9-8-16(11-18(21)25)27-22(29)19(12-17-3-2-10-31-17)26-23(27)32-13-20(28)14-4-6-15(24)7-5-14/h2-12H,13H2,1H3/b19-12+. The van der Waals surface area contributed by atoms with Crippen LogP contribution < -0.4 is 9.64 Å². The number of ketones is 1. The van der Waals surface area contributed by atoms with Crippen molar-refractivity contribution in [2.24, 2.45) is 4.99 Å². The van der Waals surface area contributed by atoms with E-state index in [1.807, 2.05) is 17.5 Å². The van der Waals surface area contributed by atoms with Crippen LogP contribution in [-0.4, -0.2) is 29.7 Å². The summed E-state index contributed by atoms with van der Waals surface area (Å²) >= 11 is 14.9. The quantitative estimate of drug-likeness (QED) is 0.288. The van der Waals surface area contributed by atoms with Gasteiger partial charge in [-0.25, -0.2) is 4.99 Å². The molecule has 9 heteroatoms. The summed E-state index contributed by atoms with van der Waals surface area (Å²) in [5, 5.41) is 3.26. The Kier molecular flexibility index (Phi) is 7.01. The SMILES string of the molecule is COc1ccc(N2C(=O)/C(=C\c3cccs3)N=C2SCC(=O)c2ccc(Cl)cc2)cc1Cl. The lowest BCUT2D eigenvalue weighted by Crippen LogP contribution is -2.30. The zero-order valence-electron chi connectivity index (χ0n) is 16.7. The van der Waals surface area contributed by atoms with Crippen molar-refractivity contribution in [1.29, 1.82) is 0 Å². The molecule has 0 N–H and O–H groups in total. The third kappa shape index (κ3) is 4.91. The van der Waals surface area contributed by atoms with E-state index in [9.17, 15) is 9.59 Å². The van der Waals surface area contributed by atoms with Gasteiger partial charge in [0.25, 0.3) is 5.91 Å². The molecule has 0 saturated heterocycles. The van der Waals surface area contributed by atoms with E-state index in [1.54, 1.807) is 48.5 Å². The summed E-state index contributed by atoms with van der Waals surface area (Å²) in [5.41, 5.74) is 1.38. The van der Waals surface area contributed by atoms with Gasteiger partial charge in [-0.15, -0.1) is 11.3 Å². The number of thiophene rings is 1. The molecule has 0 aliphatic carbocycles.